The van der Waals surface area contributed by atoms with E-state index in [9.17, 15) is 18.3 Å². The molecule has 0 fully saturated rings. The van der Waals surface area contributed by atoms with E-state index in [4.69, 9.17) is 9.47 Å². The number of pyridine rings is 1. The topological polar surface area (TPSA) is 106 Å². The van der Waals surface area contributed by atoms with Gasteiger partial charge in [0.05, 0.1) is 35.9 Å². The Morgan fingerprint density at radius 1 is 1.00 bits per heavy atom. The summed E-state index contributed by atoms with van der Waals surface area (Å²) in [6.45, 7) is 0. The van der Waals surface area contributed by atoms with Crippen LogP contribution >= 0.6 is 0 Å². The number of ether oxygens (including phenoxy) is 2. The number of fused-ring (bicyclic) bond motifs is 1. The lowest BCUT2D eigenvalue weighted by Crippen LogP contribution is -2.22. The number of benzene rings is 2. The fourth-order valence-corrected chi connectivity index (χ4v) is 3.82. The first-order valence-corrected chi connectivity index (χ1v) is 9.96. The van der Waals surface area contributed by atoms with Gasteiger partial charge in [0.15, 0.2) is 11.5 Å². The number of aromatic carboxylic acids is 1. The van der Waals surface area contributed by atoms with Crippen LogP contribution in [0.25, 0.3) is 22.2 Å². The number of carboxylic acid groups (broad SMARTS) is 1. The summed E-state index contributed by atoms with van der Waals surface area (Å²) in [6.07, 6.45) is 0. The van der Waals surface area contributed by atoms with E-state index >= 15 is 0 Å². The molecule has 3 rings (SSSR count). The second-order valence-electron chi connectivity index (χ2n) is 6.40. The third-order valence-electron chi connectivity index (χ3n) is 4.47. The second kappa shape index (κ2) is 7.69. The minimum Gasteiger partial charge on any atom is -0.493 e. The molecule has 29 heavy (non-hydrogen) atoms. The van der Waals surface area contributed by atoms with Crippen molar-refractivity contribution in [1.82, 2.24) is 9.29 Å². The lowest BCUT2D eigenvalue weighted by atomic mass is 10.0. The fourth-order valence-electron chi connectivity index (χ4n) is 2.90. The van der Waals surface area contributed by atoms with Gasteiger partial charge in [0.25, 0.3) is 0 Å². The Bertz CT molecular complexity index is 1210. The molecule has 8 nitrogen and oxygen atoms in total. The number of rotatable bonds is 6. The van der Waals surface area contributed by atoms with E-state index in [0.29, 0.717) is 28.3 Å². The predicted octanol–water partition coefficient (Wildman–Crippen LogP) is 2.87. The second-order valence-corrected chi connectivity index (χ2v) is 8.55. The Hall–Kier alpha value is -3.17. The maximum atomic E-state index is 12.4. The normalized spacial score (nSPS) is 11.6. The summed E-state index contributed by atoms with van der Waals surface area (Å²) in [5.74, 6) is -0.163. The van der Waals surface area contributed by atoms with Crippen molar-refractivity contribution in [2.45, 2.75) is 4.90 Å². The van der Waals surface area contributed by atoms with Crippen LogP contribution in [-0.4, -0.2) is 57.1 Å². The van der Waals surface area contributed by atoms with Crippen LogP contribution in [-0.2, 0) is 10.0 Å². The van der Waals surface area contributed by atoms with Crippen LogP contribution in [0, 0.1) is 0 Å². The Kier molecular flexibility index (Phi) is 5.45. The molecule has 0 saturated carbocycles. The first-order chi connectivity index (χ1) is 13.7. The zero-order chi connectivity index (χ0) is 21.3. The largest absolute Gasteiger partial charge is 0.493 e. The number of hydrogen-bond donors (Lipinski definition) is 1. The molecule has 152 valence electrons. The van der Waals surface area contributed by atoms with E-state index in [-0.39, 0.29) is 15.8 Å². The van der Waals surface area contributed by atoms with Crippen LogP contribution in [0.2, 0.25) is 0 Å². The fraction of sp³-hybridized carbons (Fsp3) is 0.200. The van der Waals surface area contributed by atoms with Gasteiger partial charge in [-0.1, -0.05) is 0 Å². The van der Waals surface area contributed by atoms with Gasteiger partial charge in [-0.3, -0.25) is 0 Å². The van der Waals surface area contributed by atoms with Gasteiger partial charge in [-0.25, -0.2) is 22.5 Å². The molecule has 0 spiro atoms. The van der Waals surface area contributed by atoms with Gasteiger partial charge in [0.2, 0.25) is 10.0 Å². The van der Waals surface area contributed by atoms with E-state index in [0.717, 1.165) is 4.31 Å². The summed E-state index contributed by atoms with van der Waals surface area (Å²) in [4.78, 5) is 16.4. The molecule has 0 radical (unpaired) electrons. The van der Waals surface area contributed by atoms with Crippen LogP contribution in [0.1, 0.15) is 10.4 Å². The van der Waals surface area contributed by atoms with Crippen LogP contribution in [0.3, 0.4) is 0 Å². The summed E-state index contributed by atoms with van der Waals surface area (Å²) in [5, 5.41) is 9.95. The first kappa shape index (κ1) is 20.6. The van der Waals surface area contributed by atoms with Gasteiger partial charge in [-0.15, -0.1) is 0 Å². The highest BCUT2D eigenvalue weighted by molar-refractivity contribution is 7.89. The van der Waals surface area contributed by atoms with Crippen LogP contribution in [0.15, 0.2) is 47.4 Å². The number of methoxy groups -OCH3 is 2. The quantitative estimate of drug-likeness (QED) is 0.658. The Morgan fingerprint density at radius 3 is 2.28 bits per heavy atom. The summed E-state index contributed by atoms with van der Waals surface area (Å²) in [5.41, 5.74) is 1.37. The molecule has 3 aromatic rings. The molecule has 1 aromatic heterocycles. The van der Waals surface area contributed by atoms with Crippen molar-refractivity contribution in [2.75, 3.05) is 28.3 Å². The van der Waals surface area contributed by atoms with Crippen LogP contribution in [0.4, 0.5) is 0 Å². The zero-order valence-corrected chi connectivity index (χ0v) is 17.1. The monoisotopic (exact) mass is 416 g/mol. The van der Waals surface area contributed by atoms with Crippen molar-refractivity contribution >= 4 is 26.9 Å². The molecule has 0 saturated heterocycles. The van der Waals surface area contributed by atoms with E-state index in [2.05, 4.69) is 4.98 Å². The highest BCUT2D eigenvalue weighted by atomic mass is 32.2. The molecule has 0 bridgehead atoms. The maximum Gasteiger partial charge on any atom is 0.336 e. The van der Waals surface area contributed by atoms with Crippen molar-refractivity contribution in [1.29, 1.82) is 0 Å². The number of hydrogen-bond acceptors (Lipinski definition) is 6. The van der Waals surface area contributed by atoms with Crippen molar-refractivity contribution in [3.63, 3.8) is 0 Å². The smallest absolute Gasteiger partial charge is 0.336 e. The molecule has 0 aliphatic heterocycles. The van der Waals surface area contributed by atoms with Gasteiger partial charge in [-0.2, -0.15) is 0 Å². The molecule has 1 N–H and O–H groups in total. The van der Waals surface area contributed by atoms with Crippen molar-refractivity contribution < 1.29 is 27.8 Å². The molecule has 2 aromatic carbocycles. The van der Waals surface area contributed by atoms with E-state index in [1.165, 1.54) is 52.6 Å². The van der Waals surface area contributed by atoms with Crippen molar-refractivity contribution in [2.24, 2.45) is 0 Å². The standard InChI is InChI=1S/C20H20N2O6S/c1-22(2)29(25,26)13-6-7-16-14(10-13)15(20(23)24)11-17(21-16)12-5-8-18(27-3)19(9-12)28-4/h5-11H,1-4H3,(H,23,24). The molecule has 0 aliphatic rings. The molecule has 9 heteroatoms. The van der Waals surface area contributed by atoms with Gasteiger partial charge < -0.3 is 14.6 Å². The van der Waals surface area contributed by atoms with E-state index in [1.54, 1.807) is 18.2 Å². The van der Waals surface area contributed by atoms with Gasteiger partial charge in [-0.05, 0) is 42.5 Å². The van der Waals surface area contributed by atoms with E-state index in [1.807, 2.05) is 0 Å². The van der Waals surface area contributed by atoms with Gasteiger partial charge in [0.1, 0.15) is 0 Å². The third kappa shape index (κ3) is 3.74. The number of sulfonamides is 1. The summed E-state index contributed by atoms with van der Waals surface area (Å²) in [6, 6.07) is 10.8. The maximum absolute atomic E-state index is 12.4. The Morgan fingerprint density at radius 2 is 1.69 bits per heavy atom. The molecule has 1 heterocycles. The minimum absolute atomic E-state index is 0.00170. The number of carbonyl (C=O) groups is 1. The molecule has 0 amide bonds. The molecule has 0 unspecified atom stereocenters. The molecule has 0 aliphatic carbocycles. The first-order valence-electron chi connectivity index (χ1n) is 8.52. The Balaban J connectivity index is 2.24. The third-order valence-corrected chi connectivity index (χ3v) is 6.28. The average Bonchev–Trinajstić information content (AvgIpc) is 2.71. The molecular weight excluding hydrogens is 396 g/mol. The van der Waals surface area contributed by atoms with Crippen LogP contribution in [0.5, 0.6) is 11.5 Å². The average molecular weight is 416 g/mol. The van der Waals surface area contributed by atoms with Gasteiger partial charge in [0, 0.05) is 25.0 Å². The summed E-state index contributed by atoms with van der Waals surface area (Å²) >= 11 is 0. The minimum atomic E-state index is -3.71. The number of aromatic nitrogens is 1. The summed E-state index contributed by atoms with van der Waals surface area (Å²) in [7, 11) is 2.14. The number of carboxylic acids is 1. The van der Waals surface area contributed by atoms with Crippen molar-refractivity contribution in [3.05, 3.63) is 48.0 Å². The zero-order valence-electron chi connectivity index (χ0n) is 16.3. The van der Waals surface area contributed by atoms with E-state index < -0.39 is 16.0 Å². The summed E-state index contributed by atoms with van der Waals surface area (Å²) < 4.78 is 36.4. The van der Waals surface area contributed by atoms with Gasteiger partial charge >= 0.3 is 5.97 Å². The molecular formula is C20H20N2O6S. The number of nitrogens with zero attached hydrogens (tertiary/aromatic N) is 2. The predicted molar refractivity (Wildman–Crippen MR) is 108 cm³/mol. The lowest BCUT2D eigenvalue weighted by Gasteiger charge is -2.14. The Labute approximate surface area is 168 Å². The lowest BCUT2D eigenvalue weighted by molar-refractivity contribution is 0.0699. The highest BCUT2D eigenvalue weighted by Gasteiger charge is 2.20. The SMILES string of the molecule is COc1ccc(-c2cc(C(=O)O)c3cc(S(=O)(=O)N(C)C)ccc3n2)cc1OC. The highest BCUT2D eigenvalue weighted by Crippen LogP contribution is 2.33. The molecule has 0 atom stereocenters. The van der Waals surface area contributed by atoms with Crippen LogP contribution < -0.4 is 9.47 Å². The van der Waals surface area contributed by atoms with Crippen molar-refractivity contribution in [3.8, 4) is 22.8 Å².